The van der Waals surface area contributed by atoms with Crippen molar-refractivity contribution < 1.29 is 0 Å². The topological polar surface area (TPSA) is 26.0 Å². The Balaban J connectivity index is 2.00. The molecule has 0 saturated heterocycles. The van der Waals surface area contributed by atoms with Gasteiger partial charge in [-0.3, -0.25) is 0 Å². The summed E-state index contributed by atoms with van der Waals surface area (Å²) in [6.07, 6.45) is 6.99. The second kappa shape index (κ2) is 2.78. The van der Waals surface area contributed by atoms with E-state index < -0.39 is 0 Å². The van der Waals surface area contributed by atoms with Crippen molar-refractivity contribution in [2.45, 2.75) is 45.1 Å². The smallest absolute Gasteiger partial charge is 0.00441 e. The highest BCUT2D eigenvalue weighted by Gasteiger charge is 2.32. The number of hydrogen-bond donors (Lipinski definition) is 1. The summed E-state index contributed by atoms with van der Waals surface area (Å²) in [6.45, 7) is 2.40. The van der Waals surface area contributed by atoms with Crippen LogP contribution in [-0.2, 0) is 0 Å². The predicted octanol–water partition coefficient (Wildman–Crippen LogP) is 2.16. The highest BCUT2D eigenvalue weighted by molar-refractivity contribution is 4.86. The lowest BCUT2D eigenvalue weighted by atomic mass is 9.67. The fourth-order valence-electron chi connectivity index (χ4n) is 3.24. The van der Waals surface area contributed by atoms with Crippen LogP contribution >= 0.6 is 0 Å². The molecule has 2 aliphatic rings. The number of fused-ring (bicyclic) bond motifs is 2. The largest absolute Gasteiger partial charge is 0.328 e. The molecule has 0 aromatic heterocycles. The molecular formula is C10H19N. The zero-order valence-electron chi connectivity index (χ0n) is 7.42. The summed E-state index contributed by atoms with van der Waals surface area (Å²) in [7, 11) is 0. The van der Waals surface area contributed by atoms with E-state index in [0.717, 1.165) is 17.8 Å². The lowest BCUT2D eigenvalue weighted by molar-refractivity contribution is 0.131. The van der Waals surface area contributed by atoms with Gasteiger partial charge in [-0.25, -0.2) is 0 Å². The van der Waals surface area contributed by atoms with Crippen LogP contribution in [0, 0.1) is 17.8 Å². The van der Waals surface area contributed by atoms with Gasteiger partial charge in [-0.2, -0.15) is 0 Å². The second-order valence-electron chi connectivity index (χ2n) is 4.78. The van der Waals surface area contributed by atoms with Crippen molar-refractivity contribution in [3.63, 3.8) is 0 Å². The molecule has 0 heterocycles. The number of nitrogens with two attached hydrogens (primary N) is 1. The molecule has 2 bridgehead atoms. The molecule has 1 heteroatoms. The highest BCUT2D eigenvalue weighted by Crippen LogP contribution is 2.41. The van der Waals surface area contributed by atoms with Gasteiger partial charge in [-0.15, -0.1) is 0 Å². The molecule has 2 saturated carbocycles. The van der Waals surface area contributed by atoms with Crippen molar-refractivity contribution in [1.29, 1.82) is 0 Å². The predicted molar refractivity (Wildman–Crippen MR) is 47.2 cm³/mol. The first-order chi connectivity index (χ1) is 5.24. The van der Waals surface area contributed by atoms with Gasteiger partial charge in [-0.1, -0.05) is 6.92 Å². The first-order valence-corrected chi connectivity index (χ1v) is 4.99. The van der Waals surface area contributed by atoms with E-state index >= 15 is 0 Å². The van der Waals surface area contributed by atoms with Crippen LogP contribution in [0.1, 0.15) is 39.0 Å². The number of hydrogen-bond acceptors (Lipinski definition) is 1. The summed E-state index contributed by atoms with van der Waals surface area (Å²) >= 11 is 0. The van der Waals surface area contributed by atoms with Crippen LogP contribution in [0.3, 0.4) is 0 Å². The van der Waals surface area contributed by atoms with Crippen molar-refractivity contribution in [2.24, 2.45) is 23.5 Å². The SMILES string of the molecule is C[C@H]1CC2CC(C1)C[C@@H](N)C2. The van der Waals surface area contributed by atoms with Crippen molar-refractivity contribution >= 4 is 0 Å². The standard InChI is InChI=1S/C10H19N/c1-7-2-8-4-9(3-7)6-10(11)5-8/h7-10H,2-6,11H2,1H3/t7-,8?,9?,10-. The van der Waals surface area contributed by atoms with Gasteiger partial charge in [0.25, 0.3) is 0 Å². The maximum absolute atomic E-state index is 5.97. The zero-order chi connectivity index (χ0) is 7.84. The molecule has 0 aromatic carbocycles. The van der Waals surface area contributed by atoms with E-state index in [1.54, 1.807) is 0 Å². The molecule has 64 valence electrons. The van der Waals surface area contributed by atoms with E-state index in [1.165, 1.54) is 32.1 Å². The quantitative estimate of drug-likeness (QED) is 0.567. The minimum atomic E-state index is 0.534. The maximum atomic E-state index is 5.97. The third kappa shape index (κ3) is 1.58. The molecule has 2 fully saturated rings. The summed E-state index contributed by atoms with van der Waals surface area (Å²) in [5.74, 6) is 2.94. The Morgan fingerprint density at radius 1 is 0.909 bits per heavy atom. The van der Waals surface area contributed by atoms with Crippen molar-refractivity contribution in [3.05, 3.63) is 0 Å². The van der Waals surface area contributed by atoms with Crippen molar-refractivity contribution in [1.82, 2.24) is 0 Å². The molecule has 0 amide bonds. The third-order valence-electron chi connectivity index (χ3n) is 3.41. The molecular weight excluding hydrogens is 134 g/mol. The molecule has 11 heavy (non-hydrogen) atoms. The Hall–Kier alpha value is -0.0400. The van der Waals surface area contributed by atoms with Gasteiger partial charge in [0.2, 0.25) is 0 Å². The van der Waals surface area contributed by atoms with Crippen molar-refractivity contribution in [3.8, 4) is 0 Å². The van der Waals surface area contributed by atoms with Crippen LogP contribution in [0.25, 0.3) is 0 Å². The van der Waals surface area contributed by atoms with Crippen LogP contribution in [0.2, 0.25) is 0 Å². The Labute approximate surface area is 69.4 Å². The van der Waals surface area contributed by atoms with Gasteiger partial charge in [-0.05, 0) is 49.9 Å². The number of rotatable bonds is 0. The zero-order valence-corrected chi connectivity index (χ0v) is 7.42. The lowest BCUT2D eigenvalue weighted by Crippen LogP contribution is -2.37. The summed E-state index contributed by atoms with van der Waals surface area (Å²) in [4.78, 5) is 0. The van der Waals surface area contributed by atoms with E-state index in [1.807, 2.05) is 0 Å². The first kappa shape index (κ1) is 7.60. The Kier molecular flexibility index (Phi) is 1.92. The Bertz CT molecular complexity index is 110. The molecule has 2 aliphatic carbocycles. The molecule has 0 spiro atoms. The minimum Gasteiger partial charge on any atom is -0.328 e. The Morgan fingerprint density at radius 2 is 1.45 bits per heavy atom. The van der Waals surface area contributed by atoms with Crippen LogP contribution in [-0.4, -0.2) is 6.04 Å². The van der Waals surface area contributed by atoms with Crippen LogP contribution in [0.5, 0.6) is 0 Å². The van der Waals surface area contributed by atoms with E-state index in [9.17, 15) is 0 Å². The maximum Gasteiger partial charge on any atom is 0.00441 e. The van der Waals surface area contributed by atoms with Gasteiger partial charge in [0.15, 0.2) is 0 Å². The second-order valence-corrected chi connectivity index (χ2v) is 4.78. The molecule has 0 radical (unpaired) electrons. The van der Waals surface area contributed by atoms with Crippen LogP contribution in [0.15, 0.2) is 0 Å². The third-order valence-corrected chi connectivity index (χ3v) is 3.41. The van der Waals surface area contributed by atoms with Gasteiger partial charge in [0.1, 0.15) is 0 Å². The first-order valence-electron chi connectivity index (χ1n) is 4.99. The summed E-state index contributed by atoms with van der Waals surface area (Å²) < 4.78 is 0. The minimum absolute atomic E-state index is 0.534. The normalized spacial score (nSPS) is 50.7. The Morgan fingerprint density at radius 3 is 2.00 bits per heavy atom. The lowest BCUT2D eigenvalue weighted by Gasteiger charge is -2.40. The molecule has 0 aromatic rings. The molecule has 0 aliphatic heterocycles. The average Bonchev–Trinajstić information content (AvgIpc) is 1.82. The fourth-order valence-corrected chi connectivity index (χ4v) is 3.24. The van der Waals surface area contributed by atoms with E-state index in [-0.39, 0.29) is 0 Å². The van der Waals surface area contributed by atoms with E-state index in [4.69, 9.17) is 5.73 Å². The van der Waals surface area contributed by atoms with Crippen molar-refractivity contribution in [2.75, 3.05) is 0 Å². The average molecular weight is 153 g/mol. The van der Waals surface area contributed by atoms with Gasteiger partial charge < -0.3 is 5.73 Å². The molecule has 2 unspecified atom stereocenters. The van der Waals surface area contributed by atoms with E-state index in [0.29, 0.717) is 6.04 Å². The molecule has 2 rings (SSSR count). The summed E-state index contributed by atoms with van der Waals surface area (Å²) in [5.41, 5.74) is 5.97. The summed E-state index contributed by atoms with van der Waals surface area (Å²) in [6, 6.07) is 0.534. The fraction of sp³-hybridized carbons (Fsp3) is 1.00. The van der Waals surface area contributed by atoms with Gasteiger partial charge in [0, 0.05) is 6.04 Å². The molecule has 2 atom stereocenters. The van der Waals surface area contributed by atoms with Crippen LogP contribution in [0.4, 0.5) is 0 Å². The summed E-state index contributed by atoms with van der Waals surface area (Å²) in [5, 5.41) is 0. The molecule has 1 nitrogen and oxygen atoms in total. The van der Waals surface area contributed by atoms with Gasteiger partial charge in [0.05, 0.1) is 0 Å². The highest BCUT2D eigenvalue weighted by atomic mass is 14.7. The molecule has 2 N–H and O–H groups in total. The monoisotopic (exact) mass is 153 g/mol. The van der Waals surface area contributed by atoms with Crippen LogP contribution < -0.4 is 5.73 Å². The van der Waals surface area contributed by atoms with Gasteiger partial charge >= 0.3 is 0 Å². The van der Waals surface area contributed by atoms with E-state index in [2.05, 4.69) is 6.92 Å².